The molecule has 1 aromatic heterocycles. The smallest absolute Gasteiger partial charge is 0.410 e. The number of rotatable bonds is 2. The monoisotopic (exact) mass is 332 g/mol. The highest BCUT2D eigenvalue weighted by molar-refractivity contribution is 7.89. The number of primary sulfonamides is 1. The molecule has 1 aliphatic rings. The van der Waals surface area contributed by atoms with Crippen LogP contribution in [0.5, 0.6) is 5.88 Å². The van der Waals surface area contributed by atoms with Crippen molar-refractivity contribution in [2.45, 2.75) is 43.9 Å². The van der Waals surface area contributed by atoms with Gasteiger partial charge in [0.2, 0.25) is 15.9 Å². The first kappa shape index (κ1) is 16.6. The summed E-state index contributed by atoms with van der Waals surface area (Å²) in [5.41, 5.74) is -0.599. The van der Waals surface area contributed by atoms with Crippen LogP contribution < -0.4 is 9.88 Å². The van der Waals surface area contributed by atoms with Gasteiger partial charge in [0.05, 0.1) is 18.8 Å². The van der Waals surface area contributed by atoms with Gasteiger partial charge in [-0.25, -0.2) is 23.0 Å². The first-order chi connectivity index (χ1) is 9.99. The van der Waals surface area contributed by atoms with E-state index in [1.165, 1.54) is 9.58 Å². The van der Waals surface area contributed by atoms with E-state index in [1.54, 1.807) is 27.8 Å². The summed E-state index contributed by atoms with van der Waals surface area (Å²) in [6.07, 6.45) is 0.656. The predicted octanol–water partition coefficient (Wildman–Crippen LogP) is 0.158. The molecule has 1 unspecified atom stereocenters. The SMILES string of the molecule is CN(C(=O)OC(C)(C)C)C1COc2c(S(N)(=O)=O)cnn2C1. The molecule has 0 saturated carbocycles. The largest absolute Gasteiger partial charge is 0.475 e. The van der Waals surface area contributed by atoms with Gasteiger partial charge in [0.25, 0.3) is 0 Å². The van der Waals surface area contributed by atoms with Crippen molar-refractivity contribution in [1.29, 1.82) is 0 Å². The van der Waals surface area contributed by atoms with Crippen LogP contribution in [0.2, 0.25) is 0 Å². The third-order valence-corrected chi connectivity index (χ3v) is 3.98. The topological polar surface area (TPSA) is 117 Å². The zero-order chi connectivity index (χ0) is 16.7. The van der Waals surface area contributed by atoms with Crippen LogP contribution in [0, 0.1) is 0 Å². The molecule has 124 valence electrons. The molecule has 9 nitrogen and oxygen atoms in total. The lowest BCUT2D eigenvalue weighted by atomic mass is 10.2. The minimum absolute atomic E-state index is 0.0938. The summed E-state index contributed by atoms with van der Waals surface area (Å²) in [6.45, 7) is 5.75. The molecule has 2 heterocycles. The predicted molar refractivity (Wildman–Crippen MR) is 76.9 cm³/mol. The molecule has 0 bridgehead atoms. The summed E-state index contributed by atoms with van der Waals surface area (Å²) < 4.78 is 34.9. The van der Waals surface area contributed by atoms with Crippen molar-refractivity contribution in [2.75, 3.05) is 13.7 Å². The first-order valence-corrected chi connectivity index (χ1v) is 8.21. The lowest BCUT2D eigenvalue weighted by molar-refractivity contribution is 0.0101. The van der Waals surface area contributed by atoms with Crippen LogP contribution in [0.3, 0.4) is 0 Å². The minimum Gasteiger partial charge on any atom is -0.475 e. The van der Waals surface area contributed by atoms with Gasteiger partial charge >= 0.3 is 6.09 Å². The highest BCUT2D eigenvalue weighted by Crippen LogP contribution is 2.27. The molecular weight excluding hydrogens is 312 g/mol. The molecule has 1 atom stereocenters. The molecule has 1 aliphatic heterocycles. The Kier molecular flexibility index (Phi) is 4.09. The molecule has 0 radical (unpaired) electrons. The van der Waals surface area contributed by atoms with E-state index in [4.69, 9.17) is 14.6 Å². The molecule has 2 rings (SSSR count). The number of hydrogen-bond donors (Lipinski definition) is 1. The molecule has 1 amide bonds. The number of carbonyl (C=O) groups is 1. The van der Waals surface area contributed by atoms with Crippen LogP contribution in [0.1, 0.15) is 20.8 Å². The number of carbonyl (C=O) groups excluding carboxylic acids is 1. The van der Waals surface area contributed by atoms with Crippen LogP contribution in [0.25, 0.3) is 0 Å². The van der Waals surface area contributed by atoms with Crippen molar-refractivity contribution in [2.24, 2.45) is 5.14 Å². The second-order valence-electron chi connectivity index (χ2n) is 6.10. The summed E-state index contributed by atoms with van der Waals surface area (Å²) in [6, 6.07) is -0.324. The molecular formula is C12H20N4O5S. The molecule has 10 heteroatoms. The van der Waals surface area contributed by atoms with Crippen LogP contribution in [-0.2, 0) is 21.3 Å². The molecule has 2 N–H and O–H groups in total. The van der Waals surface area contributed by atoms with Gasteiger partial charge in [-0.2, -0.15) is 5.10 Å². The fourth-order valence-corrected chi connectivity index (χ4v) is 2.57. The van der Waals surface area contributed by atoms with E-state index < -0.39 is 21.7 Å². The number of fused-ring (bicyclic) bond motifs is 1. The van der Waals surface area contributed by atoms with Gasteiger partial charge in [0, 0.05) is 7.05 Å². The fourth-order valence-electron chi connectivity index (χ4n) is 1.97. The molecule has 22 heavy (non-hydrogen) atoms. The van der Waals surface area contributed by atoms with Gasteiger partial charge in [0.1, 0.15) is 12.2 Å². The molecule has 0 saturated heterocycles. The van der Waals surface area contributed by atoms with E-state index in [1.807, 2.05) is 0 Å². The fraction of sp³-hybridized carbons (Fsp3) is 0.667. The molecule has 1 aromatic rings. The lowest BCUT2D eigenvalue weighted by Crippen LogP contribution is -2.47. The van der Waals surface area contributed by atoms with Gasteiger partial charge in [-0.1, -0.05) is 0 Å². The summed E-state index contributed by atoms with van der Waals surface area (Å²) in [5.74, 6) is 0.0938. The van der Waals surface area contributed by atoms with E-state index in [9.17, 15) is 13.2 Å². The third-order valence-electron chi connectivity index (χ3n) is 3.09. The number of nitrogens with zero attached hydrogens (tertiary/aromatic N) is 3. The van der Waals surface area contributed by atoms with Crippen molar-refractivity contribution in [1.82, 2.24) is 14.7 Å². The van der Waals surface area contributed by atoms with Crippen LogP contribution in [-0.4, -0.2) is 54.5 Å². The van der Waals surface area contributed by atoms with Crippen molar-refractivity contribution in [3.63, 3.8) is 0 Å². The second-order valence-corrected chi connectivity index (χ2v) is 7.63. The number of aromatic nitrogens is 2. The number of ether oxygens (including phenoxy) is 2. The molecule has 0 aromatic carbocycles. The summed E-state index contributed by atoms with van der Waals surface area (Å²) >= 11 is 0. The minimum atomic E-state index is -3.89. The van der Waals surface area contributed by atoms with Crippen LogP contribution in [0.15, 0.2) is 11.1 Å². The Hall–Kier alpha value is -1.81. The van der Waals surface area contributed by atoms with E-state index in [2.05, 4.69) is 5.10 Å². The van der Waals surface area contributed by atoms with Crippen molar-refractivity contribution in [3.8, 4) is 5.88 Å². The van der Waals surface area contributed by atoms with Gasteiger partial charge in [0.15, 0.2) is 4.90 Å². The standard InChI is InChI=1S/C12H20N4O5S/c1-12(2,3)21-11(17)15(4)8-6-16-10(20-7-8)9(5-14-16)22(13,18)19/h5,8H,6-7H2,1-4H3,(H2,13,18,19). The maximum Gasteiger partial charge on any atom is 0.410 e. The average Bonchev–Trinajstić information content (AvgIpc) is 2.78. The average molecular weight is 332 g/mol. The summed E-state index contributed by atoms with van der Waals surface area (Å²) in [7, 11) is -2.30. The second kappa shape index (κ2) is 5.43. The van der Waals surface area contributed by atoms with Gasteiger partial charge in [-0.15, -0.1) is 0 Å². The zero-order valence-electron chi connectivity index (χ0n) is 12.9. The van der Waals surface area contributed by atoms with E-state index in [-0.39, 0.29) is 23.4 Å². The number of likely N-dealkylation sites (N-methyl/N-ethyl adjacent to an activating group) is 1. The molecule has 0 aliphatic carbocycles. The maximum absolute atomic E-state index is 12.0. The van der Waals surface area contributed by atoms with Gasteiger partial charge in [-0.05, 0) is 20.8 Å². The van der Waals surface area contributed by atoms with Crippen LogP contribution in [0.4, 0.5) is 4.79 Å². The van der Waals surface area contributed by atoms with E-state index in [0.717, 1.165) is 6.20 Å². The summed E-state index contributed by atoms with van der Waals surface area (Å²) in [5, 5.41) is 9.04. The molecule has 0 fully saturated rings. The third kappa shape index (κ3) is 3.50. The summed E-state index contributed by atoms with van der Waals surface area (Å²) in [4.78, 5) is 13.3. The Morgan fingerprint density at radius 1 is 1.55 bits per heavy atom. The Balaban J connectivity index is 2.13. The van der Waals surface area contributed by atoms with E-state index >= 15 is 0 Å². The van der Waals surface area contributed by atoms with E-state index in [0.29, 0.717) is 6.54 Å². The number of sulfonamides is 1. The van der Waals surface area contributed by atoms with Crippen molar-refractivity contribution >= 4 is 16.1 Å². The normalized spacial score (nSPS) is 18.3. The Labute approximate surface area is 129 Å². The van der Waals surface area contributed by atoms with Crippen LogP contribution >= 0.6 is 0 Å². The number of amides is 1. The Morgan fingerprint density at radius 3 is 2.73 bits per heavy atom. The molecule has 0 spiro atoms. The Bertz CT molecular complexity index is 676. The lowest BCUT2D eigenvalue weighted by Gasteiger charge is -2.33. The zero-order valence-corrected chi connectivity index (χ0v) is 13.8. The highest BCUT2D eigenvalue weighted by Gasteiger charge is 2.32. The van der Waals surface area contributed by atoms with Crippen molar-refractivity contribution in [3.05, 3.63) is 6.20 Å². The van der Waals surface area contributed by atoms with Crippen molar-refractivity contribution < 1.29 is 22.7 Å². The Morgan fingerprint density at radius 2 is 2.18 bits per heavy atom. The first-order valence-electron chi connectivity index (χ1n) is 6.66. The maximum atomic E-state index is 12.0. The van der Waals surface area contributed by atoms with Gasteiger partial charge in [-0.3, -0.25) is 0 Å². The number of nitrogens with two attached hydrogens (primary N) is 1. The quantitative estimate of drug-likeness (QED) is 0.824. The number of hydrogen-bond acceptors (Lipinski definition) is 6. The highest BCUT2D eigenvalue weighted by atomic mass is 32.2. The van der Waals surface area contributed by atoms with Gasteiger partial charge < -0.3 is 14.4 Å².